The lowest BCUT2D eigenvalue weighted by Gasteiger charge is -2.14. The second-order valence-electron chi connectivity index (χ2n) is 11.8. The van der Waals surface area contributed by atoms with E-state index in [1.54, 1.807) is 0 Å². The van der Waals surface area contributed by atoms with Gasteiger partial charge in [0.25, 0.3) is 0 Å². The third kappa shape index (κ3) is 4.35. The average molecular weight is 587 g/mol. The van der Waals surface area contributed by atoms with Crippen LogP contribution in [0.4, 0.5) is 0 Å². The van der Waals surface area contributed by atoms with Crippen molar-refractivity contribution in [2.45, 2.75) is 0 Å². The summed E-state index contributed by atoms with van der Waals surface area (Å²) in [6.07, 6.45) is 0. The van der Waals surface area contributed by atoms with E-state index in [0.717, 1.165) is 5.69 Å². The van der Waals surface area contributed by atoms with Gasteiger partial charge in [-0.05, 0) is 82.2 Å². The second-order valence-corrected chi connectivity index (χ2v) is 11.8. The van der Waals surface area contributed by atoms with Crippen LogP contribution >= 0.6 is 0 Å². The van der Waals surface area contributed by atoms with Gasteiger partial charge in [0.05, 0.1) is 28.1 Å². The van der Waals surface area contributed by atoms with E-state index < -0.39 is 0 Å². The van der Waals surface area contributed by atoms with E-state index in [1.807, 2.05) is 0 Å². The first-order valence-electron chi connectivity index (χ1n) is 15.8. The van der Waals surface area contributed by atoms with Crippen molar-refractivity contribution >= 4 is 32.6 Å². The molecule has 0 radical (unpaired) electrons. The van der Waals surface area contributed by atoms with Gasteiger partial charge in [-0.3, -0.25) is 0 Å². The number of hydrogen-bond acceptors (Lipinski definition) is 0. The van der Waals surface area contributed by atoms with Gasteiger partial charge in [0, 0.05) is 21.8 Å². The molecule has 46 heavy (non-hydrogen) atoms. The van der Waals surface area contributed by atoms with Crippen molar-refractivity contribution in [3.63, 3.8) is 0 Å². The molecule has 7 aromatic carbocycles. The first-order valence-corrected chi connectivity index (χ1v) is 15.8. The Balaban J connectivity index is 1.23. The summed E-state index contributed by atoms with van der Waals surface area (Å²) >= 11 is 0. The van der Waals surface area contributed by atoms with E-state index >= 15 is 0 Å². The van der Waals surface area contributed by atoms with Gasteiger partial charge in [-0.25, -0.2) is 0 Å². The molecule has 0 unspecified atom stereocenters. The van der Waals surface area contributed by atoms with E-state index in [2.05, 4.69) is 191 Å². The molecule has 0 amide bonds. The molecule has 9 rings (SSSR count). The molecule has 0 saturated carbocycles. The normalized spacial score (nSPS) is 11.5. The fourth-order valence-electron chi connectivity index (χ4n) is 6.95. The van der Waals surface area contributed by atoms with Gasteiger partial charge < -0.3 is 9.13 Å². The molecule has 0 saturated heterocycles. The Bertz CT molecular complexity index is 2500. The van der Waals surface area contributed by atoms with Gasteiger partial charge in [-0.15, -0.1) is 0 Å². The zero-order valence-corrected chi connectivity index (χ0v) is 25.2. The minimum atomic E-state index is 1.16. The molecule has 2 aromatic heterocycles. The maximum Gasteiger partial charge on any atom is 0.0541 e. The van der Waals surface area contributed by atoms with E-state index in [9.17, 15) is 0 Å². The number of rotatable bonds is 5. The summed E-state index contributed by atoms with van der Waals surface area (Å²) in [5.41, 5.74) is 11.9. The van der Waals surface area contributed by atoms with Crippen LogP contribution in [0.1, 0.15) is 0 Å². The van der Waals surface area contributed by atoms with Crippen molar-refractivity contribution in [1.29, 1.82) is 0 Å². The Hall–Kier alpha value is -6.12. The van der Waals surface area contributed by atoms with Gasteiger partial charge in [-0.1, -0.05) is 127 Å². The quantitative estimate of drug-likeness (QED) is 0.190. The maximum absolute atomic E-state index is 2.42. The molecule has 0 bridgehead atoms. The first kappa shape index (κ1) is 26.3. The summed E-state index contributed by atoms with van der Waals surface area (Å²) in [5.74, 6) is 0. The first-order chi connectivity index (χ1) is 22.8. The lowest BCUT2D eigenvalue weighted by molar-refractivity contribution is 1.13. The number of fused-ring (bicyclic) bond motifs is 3. The van der Waals surface area contributed by atoms with Gasteiger partial charge in [0.15, 0.2) is 0 Å². The molecule has 0 N–H and O–H groups in total. The highest BCUT2D eigenvalue weighted by atomic mass is 15.0. The molecule has 0 aliphatic rings. The number of benzene rings is 7. The summed E-state index contributed by atoms with van der Waals surface area (Å²) in [4.78, 5) is 0. The summed E-state index contributed by atoms with van der Waals surface area (Å²) in [7, 11) is 0. The van der Waals surface area contributed by atoms with Gasteiger partial charge >= 0.3 is 0 Å². The minimum absolute atomic E-state index is 1.16. The summed E-state index contributed by atoms with van der Waals surface area (Å²) < 4.78 is 4.79. The highest BCUT2D eigenvalue weighted by Gasteiger charge is 2.17. The molecule has 2 nitrogen and oxygen atoms in total. The Morgan fingerprint density at radius 1 is 0.304 bits per heavy atom. The van der Waals surface area contributed by atoms with Crippen LogP contribution in [0.15, 0.2) is 182 Å². The molecule has 9 aromatic rings. The zero-order valence-electron chi connectivity index (χ0n) is 25.2. The van der Waals surface area contributed by atoms with Crippen LogP contribution in [0.5, 0.6) is 0 Å². The number of aromatic nitrogens is 2. The predicted molar refractivity (Wildman–Crippen MR) is 194 cm³/mol. The van der Waals surface area contributed by atoms with E-state index in [1.165, 1.54) is 71.9 Å². The van der Waals surface area contributed by atoms with Crippen LogP contribution < -0.4 is 0 Å². The van der Waals surface area contributed by atoms with E-state index in [4.69, 9.17) is 0 Å². The summed E-state index contributed by atoms with van der Waals surface area (Å²) in [6, 6.07) is 65.7. The van der Waals surface area contributed by atoms with Crippen molar-refractivity contribution in [1.82, 2.24) is 9.13 Å². The summed E-state index contributed by atoms with van der Waals surface area (Å²) in [5, 5.41) is 4.92. The third-order valence-corrected chi connectivity index (χ3v) is 9.10. The van der Waals surface area contributed by atoms with Gasteiger partial charge in [-0.2, -0.15) is 0 Å². The maximum atomic E-state index is 2.42. The smallest absolute Gasteiger partial charge is 0.0541 e. The molecule has 0 atom stereocenters. The molecule has 216 valence electrons. The van der Waals surface area contributed by atoms with E-state index in [-0.39, 0.29) is 0 Å². The predicted octanol–water partition coefficient (Wildman–Crippen LogP) is 11.7. The Labute approximate surface area is 268 Å². The highest BCUT2D eigenvalue weighted by Crippen LogP contribution is 2.38. The third-order valence-electron chi connectivity index (χ3n) is 9.10. The number of para-hydroxylation sites is 1. The van der Waals surface area contributed by atoms with Gasteiger partial charge in [0.1, 0.15) is 0 Å². The molecule has 0 spiro atoms. The van der Waals surface area contributed by atoms with Crippen LogP contribution in [-0.2, 0) is 0 Å². The fraction of sp³-hybridized carbons (Fsp3) is 0. The van der Waals surface area contributed by atoms with Crippen LogP contribution in [0, 0.1) is 0 Å². The van der Waals surface area contributed by atoms with Crippen molar-refractivity contribution < 1.29 is 0 Å². The van der Waals surface area contributed by atoms with Crippen LogP contribution in [-0.4, -0.2) is 9.13 Å². The van der Waals surface area contributed by atoms with Crippen molar-refractivity contribution in [3.05, 3.63) is 182 Å². The topological polar surface area (TPSA) is 9.86 Å². The van der Waals surface area contributed by atoms with Crippen LogP contribution in [0.25, 0.3) is 77.6 Å². The molecule has 0 fully saturated rings. The average Bonchev–Trinajstić information content (AvgIpc) is 3.71. The number of hydrogen-bond donors (Lipinski definition) is 0. The van der Waals surface area contributed by atoms with Crippen molar-refractivity contribution in [2.24, 2.45) is 0 Å². The fourth-order valence-corrected chi connectivity index (χ4v) is 6.95. The van der Waals surface area contributed by atoms with Crippen molar-refractivity contribution in [3.8, 4) is 45.0 Å². The molecule has 2 heterocycles. The Morgan fingerprint density at radius 3 is 1.43 bits per heavy atom. The minimum Gasteiger partial charge on any atom is -0.309 e. The Kier molecular flexibility index (Phi) is 6.17. The van der Waals surface area contributed by atoms with Crippen molar-refractivity contribution in [2.75, 3.05) is 0 Å². The van der Waals surface area contributed by atoms with Crippen LogP contribution in [0.3, 0.4) is 0 Å². The monoisotopic (exact) mass is 586 g/mol. The number of nitrogens with zero attached hydrogens (tertiary/aromatic N) is 2. The Morgan fingerprint density at radius 2 is 0.804 bits per heavy atom. The molecular formula is C44H30N2. The lowest BCUT2D eigenvalue weighted by atomic mass is 10.0. The highest BCUT2D eigenvalue weighted by molar-refractivity contribution is 5.98. The summed E-state index contributed by atoms with van der Waals surface area (Å²) in [6.45, 7) is 0. The standard InChI is InChI=1S/C44H30N2/c1-4-14-32(15-5-1)43-29-36-27-34(23-25-40(36)45(43)38-19-8-3-9-20-38)35-24-26-41-37(28-35)30-44(33-16-6-2-7-17-33)46(41)42-22-12-18-31-13-10-11-21-39(31)42/h1-30H. The van der Waals surface area contributed by atoms with E-state index in [0.29, 0.717) is 0 Å². The lowest BCUT2D eigenvalue weighted by Crippen LogP contribution is -1.98. The SMILES string of the molecule is c1ccc(-c2cc3cc(-c4ccc5c(c4)cc(-c4ccccc4)n5-c4cccc5ccccc45)ccc3n2-c2ccccc2)cc1. The molecule has 0 aliphatic heterocycles. The second kappa shape index (κ2) is 10.8. The largest absolute Gasteiger partial charge is 0.309 e. The zero-order chi connectivity index (χ0) is 30.5. The molecular weight excluding hydrogens is 556 g/mol. The van der Waals surface area contributed by atoms with Crippen LogP contribution in [0.2, 0.25) is 0 Å². The molecule has 2 heteroatoms. The van der Waals surface area contributed by atoms with Gasteiger partial charge in [0.2, 0.25) is 0 Å². The molecule has 0 aliphatic carbocycles.